The van der Waals surface area contributed by atoms with Gasteiger partial charge in [0.2, 0.25) is 0 Å². The summed E-state index contributed by atoms with van der Waals surface area (Å²) in [7, 11) is 0. The van der Waals surface area contributed by atoms with Gasteiger partial charge in [-0.05, 0) is 40.8 Å². The van der Waals surface area contributed by atoms with Crippen molar-refractivity contribution in [1.82, 2.24) is 0 Å². The number of hydrogen-bond donors (Lipinski definition) is 0. The van der Waals surface area contributed by atoms with E-state index in [0.29, 0.717) is 24.8 Å². The molecule has 196 valence electrons. The fourth-order valence-electron chi connectivity index (χ4n) is 4.67. The van der Waals surface area contributed by atoms with Gasteiger partial charge in [0.15, 0.2) is 0 Å². The summed E-state index contributed by atoms with van der Waals surface area (Å²) in [5.41, 5.74) is 1.23. The molecule has 0 aromatic heterocycles. The van der Waals surface area contributed by atoms with Gasteiger partial charge in [-0.3, -0.25) is 0 Å². The summed E-state index contributed by atoms with van der Waals surface area (Å²) in [6.45, 7) is 3.02. The molecule has 0 unspecified atom stereocenters. The lowest BCUT2D eigenvalue weighted by Crippen LogP contribution is -2.35. The third-order valence-electron chi connectivity index (χ3n) is 6.42. The number of ether oxygens (including phenoxy) is 4. The molecular formula is C27H22F6O4. The van der Waals surface area contributed by atoms with Crippen LogP contribution in [0.2, 0.25) is 0 Å². The Hall–Kier alpha value is -2.92. The quantitative estimate of drug-likeness (QED) is 0.301. The van der Waals surface area contributed by atoms with Gasteiger partial charge >= 0.3 is 18.4 Å². The molecule has 0 spiro atoms. The molecular weight excluding hydrogens is 502 g/mol. The first-order valence-electron chi connectivity index (χ1n) is 11.6. The van der Waals surface area contributed by atoms with Crippen LogP contribution in [-0.4, -0.2) is 25.2 Å². The Labute approximate surface area is 208 Å². The van der Waals surface area contributed by atoms with Crippen LogP contribution in [0.15, 0.2) is 66.7 Å². The molecule has 2 aliphatic heterocycles. The first-order chi connectivity index (χ1) is 17.4. The standard InChI is InChI=1S/C27H22F6O4/c1-2-13-24-15-34-26(36-24,35-16-24)21-10-7-18(8-11-21)17-3-5-19(6-4-17)20-9-12-22(23(28)14-20)25(29,30)37-27(31,32)33/h3-12,14H,2,13,15-16H2,1H3. The molecule has 2 saturated heterocycles. The van der Waals surface area contributed by atoms with Crippen LogP contribution in [0.5, 0.6) is 0 Å². The third kappa shape index (κ3) is 4.98. The SMILES string of the molecule is CCCC12COC(c3ccc(-c4ccc(-c5ccc(C(F)(F)OC(F)(F)F)c(F)c5)cc4)cc3)(OC1)O2. The molecule has 37 heavy (non-hydrogen) atoms. The van der Waals surface area contributed by atoms with Gasteiger partial charge < -0.3 is 14.2 Å². The second kappa shape index (κ2) is 9.13. The Morgan fingerprint density at radius 2 is 1.30 bits per heavy atom. The van der Waals surface area contributed by atoms with Crippen molar-refractivity contribution in [3.05, 3.63) is 83.7 Å². The molecule has 2 fully saturated rings. The summed E-state index contributed by atoms with van der Waals surface area (Å²) in [5.74, 6) is -2.71. The Bertz CT molecular complexity index is 1260. The minimum Gasteiger partial charge on any atom is -0.320 e. The topological polar surface area (TPSA) is 36.9 Å². The maximum atomic E-state index is 14.3. The Morgan fingerprint density at radius 1 is 0.784 bits per heavy atom. The average molecular weight is 524 g/mol. The van der Waals surface area contributed by atoms with E-state index in [1.807, 2.05) is 24.3 Å². The molecule has 10 heteroatoms. The van der Waals surface area contributed by atoms with Gasteiger partial charge in [-0.15, -0.1) is 13.2 Å². The molecule has 0 N–H and O–H groups in total. The van der Waals surface area contributed by atoms with Crippen molar-refractivity contribution in [2.24, 2.45) is 0 Å². The zero-order chi connectivity index (χ0) is 26.5. The minimum absolute atomic E-state index is 0.217. The Morgan fingerprint density at radius 3 is 1.81 bits per heavy atom. The molecule has 2 bridgehead atoms. The summed E-state index contributed by atoms with van der Waals surface area (Å²) in [6, 6.07) is 16.7. The normalized spacial score (nSPS) is 23.5. The minimum atomic E-state index is -5.62. The molecule has 2 aliphatic rings. The highest BCUT2D eigenvalue weighted by Gasteiger charge is 2.59. The number of halogens is 6. The number of benzene rings is 3. The van der Waals surface area contributed by atoms with Gasteiger partial charge in [0.25, 0.3) is 0 Å². The smallest absolute Gasteiger partial charge is 0.320 e. The number of rotatable bonds is 7. The first kappa shape index (κ1) is 25.7. The summed E-state index contributed by atoms with van der Waals surface area (Å²) in [4.78, 5) is 0. The van der Waals surface area contributed by atoms with Crippen molar-refractivity contribution in [2.75, 3.05) is 13.2 Å². The second-order valence-corrected chi connectivity index (χ2v) is 9.08. The van der Waals surface area contributed by atoms with Gasteiger partial charge in [0.05, 0.1) is 18.8 Å². The van der Waals surface area contributed by atoms with Crippen molar-refractivity contribution in [2.45, 2.75) is 43.8 Å². The number of fused-ring (bicyclic) bond motifs is 2. The van der Waals surface area contributed by atoms with Gasteiger partial charge in [0, 0.05) is 5.56 Å². The summed E-state index contributed by atoms with van der Waals surface area (Å²) in [6.07, 6.45) is -8.68. The van der Waals surface area contributed by atoms with Crippen molar-refractivity contribution in [3.8, 4) is 22.3 Å². The molecule has 3 aromatic carbocycles. The largest absolute Gasteiger partial charge is 0.527 e. The molecule has 0 atom stereocenters. The van der Waals surface area contributed by atoms with Crippen LogP contribution in [0.4, 0.5) is 26.3 Å². The number of hydrogen-bond acceptors (Lipinski definition) is 4. The molecule has 0 radical (unpaired) electrons. The van der Waals surface area contributed by atoms with Crippen molar-refractivity contribution >= 4 is 0 Å². The van der Waals surface area contributed by atoms with E-state index in [-0.39, 0.29) is 5.56 Å². The molecule has 0 amide bonds. The highest BCUT2D eigenvalue weighted by atomic mass is 19.4. The lowest BCUT2D eigenvalue weighted by molar-refractivity contribution is -0.432. The molecule has 5 rings (SSSR count). The lowest BCUT2D eigenvalue weighted by Gasteiger charge is -2.24. The van der Waals surface area contributed by atoms with Gasteiger partial charge in [0.1, 0.15) is 11.4 Å². The van der Waals surface area contributed by atoms with E-state index in [2.05, 4.69) is 11.7 Å². The highest BCUT2D eigenvalue weighted by molar-refractivity contribution is 5.70. The zero-order valence-corrected chi connectivity index (χ0v) is 19.6. The van der Waals surface area contributed by atoms with E-state index in [9.17, 15) is 26.3 Å². The van der Waals surface area contributed by atoms with E-state index >= 15 is 0 Å². The van der Waals surface area contributed by atoms with Crippen molar-refractivity contribution < 1.29 is 45.3 Å². The van der Waals surface area contributed by atoms with Crippen LogP contribution >= 0.6 is 0 Å². The first-order valence-corrected chi connectivity index (χ1v) is 11.6. The van der Waals surface area contributed by atoms with E-state index in [1.165, 1.54) is 0 Å². The van der Waals surface area contributed by atoms with E-state index in [1.54, 1.807) is 24.3 Å². The highest BCUT2D eigenvalue weighted by Crippen LogP contribution is 2.49. The van der Waals surface area contributed by atoms with Crippen LogP contribution < -0.4 is 0 Å². The van der Waals surface area contributed by atoms with Crippen LogP contribution in [-0.2, 0) is 31.0 Å². The van der Waals surface area contributed by atoms with Crippen LogP contribution in [0.25, 0.3) is 22.3 Å². The lowest BCUT2D eigenvalue weighted by atomic mass is 9.98. The van der Waals surface area contributed by atoms with E-state index in [4.69, 9.17) is 14.2 Å². The predicted molar refractivity (Wildman–Crippen MR) is 121 cm³/mol. The van der Waals surface area contributed by atoms with Gasteiger partial charge in [-0.2, -0.15) is 8.78 Å². The summed E-state index contributed by atoms with van der Waals surface area (Å²) >= 11 is 0. The van der Waals surface area contributed by atoms with Gasteiger partial charge in [-0.1, -0.05) is 67.9 Å². The molecule has 0 saturated carbocycles. The average Bonchev–Trinajstić information content (AvgIpc) is 3.40. The van der Waals surface area contributed by atoms with Crippen LogP contribution in [0, 0.1) is 5.82 Å². The molecule has 3 aromatic rings. The summed E-state index contributed by atoms with van der Waals surface area (Å²) in [5, 5.41) is 0. The second-order valence-electron chi connectivity index (χ2n) is 9.08. The van der Waals surface area contributed by atoms with Crippen molar-refractivity contribution in [1.29, 1.82) is 0 Å². The monoisotopic (exact) mass is 524 g/mol. The molecule has 2 heterocycles. The molecule has 4 nitrogen and oxygen atoms in total. The van der Waals surface area contributed by atoms with E-state index < -0.39 is 35.4 Å². The maximum absolute atomic E-state index is 14.3. The van der Waals surface area contributed by atoms with Crippen LogP contribution in [0.3, 0.4) is 0 Å². The zero-order valence-electron chi connectivity index (χ0n) is 19.6. The Balaban J connectivity index is 1.31. The summed E-state index contributed by atoms with van der Waals surface area (Å²) < 4.78 is 99.1. The van der Waals surface area contributed by atoms with E-state index in [0.717, 1.165) is 41.7 Å². The van der Waals surface area contributed by atoms with Gasteiger partial charge in [-0.25, -0.2) is 9.13 Å². The molecule has 0 aliphatic carbocycles. The third-order valence-corrected chi connectivity index (χ3v) is 6.42. The predicted octanol–water partition coefficient (Wildman–Crippen LogP) is 7.47. The Kier molecular flexibility index (Phi) is 6.34. The van der Waals surface area contributed by atoms with Crippen LogP contribution in [0.1, 0.15) is 30.9 Å². The fraction of sp³-hybridized carbons (Fsp3) is 0.333. The number of alkyl halides is 5. The maximum Gasteiger partial charge on any atom is 0.527 e. The van der Waals surface area contributed by atoms with Crippen molar-refractivity contribution in [3.63, 3.8) is 0 Å². The fourth-order valence-corrected chi connectivity index (χ4v) is 4.67.